The Labute approximate surface area is 152 Å². The van der Waals surface area contributed by atoms with Crippen LogP contribution in [0, 0.1) is 10.8 Å². The monoisotopic (exact) mass is 344 g/mol. The van der Waals surface area contributed by atoms with Crippen LogP contribution >= 0.6 is 0 Å². The highest BCUT2D eigenvalue weighted by molar-refractivity contribution is 5.95. The Morgan fingerprint density at radius 3 is 1.54 bits per heavy atom. The summed E-state index contributed by atoms with van der Waals surface area (Å²) in [7, 11) is 0. The van der Waals surface area contributed by atoms with Crippen LogP contribution in [0.3, 0.4) is 0 Å². The van der Waals surface area contributed by atoms with Crippen molar-refractivity contribution in [3.63, 3.8) is 0 Å². The minimum absolute atomic E-state index is 0.0449. The van der Waals surface area contributed by atoms with Crippen LogP contribution in [0.1, 0.15) is 16.7 Å². The zero-order chi connectivity index (χ0) is 18.5. The van der Waals surface area contributed by atoms with Crippen LogP contribution in [-0.4, -0.2) is 11.7 Å². The molecule has 5 heteroatoms. The maximum absolute atomic E-state index is 7.44. The molecule has 0 atom stereocenters. The predicted octanol–water partition coefficient (Wildman–Crippen LogP) is 3.50. The summed E-state index contributed by atoms with van der Waals surface area (Å²) in [5.41, 5.74) is 15.5. The molecule has 0 aliphatic carbocycles. The molecule has 0 saturated carbocycles. The first-order valence-electron chi connectivity index (χ1n) is 8.14. The van der Waals surface area contributed by atoms with Gasteiger partial charge in [0.05, 0.1) is 0 Å². The number of nitrogens with one attached hydrogen (secondary N) is 2. The molecule has 0 unspecified atom stereocenters. The highest BCUT2D eigenvalue weighted by Crippen LogP contribution is 2.21. The lowest BCUT2D eigenvalue weighted by molar-refractivity contribution is 0.306. The fraction of sp³-hybridized carbons (Fsp3) is 0.0476. The highest BCUT2D eigenvalue weighted by atomic mass is 16.5. The van der Waals surface area contributed by atoms with Gasteiger partial charge in [-0.05, 0) is 41.0 Å². The largest absolute Gasteiger partial charge is 0.489 e. The molecule has 0 spiro atoms. The summed E-state index contributed by atoms with van der Waals surface area (Å²) in [6.07, 6.45) is 0. The molecular formula is C21H20N4O. The first-order chi connectivity index (χ1) is 12.5. The van der Waals surface area contributed by atoms with E-state index in [1.165, 1.54) is 0 Å². The molecular weight excluding hydrogens is 324 g/mol. The molecule has 0 aliphatic rings. The maximum atomic E-state index is 7.44. The van der Waals surface area contributed by atoms with E-state index in [1.54, 1.807) is 12.1 Å². The van der Waals surface area contributed by atoms with Crippen LogP contribution in [0.25, 0.3) is 11.1 Å². The van der Waals surface area contributed by atoms with Crippen molar-refractivity contribution >= 4 is 11.7 Å². The SMILES string of the molecule is N=C(N)c1ccc(OCc2ccc(-c3ccc(C(=N)N)cc3)cc2)cc1. The molecule has 0 saturated heterocycles. The molecule has 3 aromatic rings. The summed E-state index contributed by atoms with van der Waals surface area (Å²) in [6, 6.07) is 22.9. The number of benzene rings is 3. The van der Waals surface area contributed by atoms with Crippen LogP contribution in [0.15, 0.2) is 72.8 Å². The summed E-state index contributed by atoms with van der Waals surface area (Å²) in [5, 5.41) is 14.8. The van der Waals surface area contributed by atoms with Gasteiger partial charge < -0.3 is 16.2 Å². The van der Waals surface area contributed by atoms with Crippen molar-refractivity contribution in [1.29, 1.82) is 10.8 Å². The van der Waals surface area contributed by atoms with Gasteiger partial charge in [0.2, 0.25) is 0 Å². The molecule has 0 heterocycles. The molecule has 26 heavy (non-hydrogen) atoms. The Bertz CT molecular complexity index is 914. The molecule has 3 aromatic carbocycles. The van der Waals surface area contributed by atoms with Crippen molar-refractivity contribution in [2.24, 2.45) is 11.5 Å². The van der Waals surface area contributed by atoms with Gasteiger partial charge in [-0.25, -0.2) is 0 Å². The van der Waals surface area contributed by atoms with E-state index in [0.717, 1.165) is 28.0 Å². The quantitative estimate of drug-likeness (QED) is 0.406. The summed E-state index contributed by atoms with van der Waals surface area (Å²) in [5.74, 6) is 0.850. The second-order valence-electron chi connectivity index (χ2n) is 5.91. The van der Waals surface area contributed by atoms with E-state index in [2.05, 4.69) is 0 Å². The summed E-state index contributed by atoms with van der Waals surface area (Å²) >= 11 is 0. The van der Waals surface area contributed by atoms with E-state index in [9.17, 15) is 0 Å². The molecule has 5 nitrogen and oxygen atoms in total. The molecule has 0 fully saturated rings. The highest BCUT2D eigenvalue weighted by Gasteiger charge is 2.02. The van der Waals surface area contributed by atoms with E-state index in [1.807, 2.05) is 60.7 Å². The van der Waals surface area contributed by atoms with Crippen molar-refractivity contribution in [2.45, 2.75) is 6.61 Å². The molecule has 0 aromatic heterocycles. The smallest absolute Gasteiger partial charge is 0.122 e. The van der Waals surface area contributed by atoms with E-state index in [4.69, 9.17) is 27.0 Å². The van der Waals surface area contributed by atoms with Gasteiger partial charge in [0.15, 0.2) is 0 Å². The lowest BCUT2D eigenvalue weighted by Gasteiger charge is -2.08. The van der Waals surface area contributed by atoms with Crippen LogP contribution < -0.4 is 16.2 Å². The Balaban J connectivity index is 1.64. The van der Waals surface area contributed by atoms with Gasteiger partial charge in [0.25, 0.3) is 0 Å². The molecule has 6 N–H and O–H groups in total. The normalized spacial score (nSPS) is 10.3. The van der Waals surface area contributed by atoms with Gasteiger partial charge in [-0.1, -0.05) is 48.5 Å². The third kappa shape index (κ3) is 4.08. The molecule has 0 amide bonds. The van der Waals surface area contributed by atoms with Crippen molar-refractivity contribution in [2.75, 3.05) is 0 Å². The van der Waals surface area contributed by atoms with E-state index in [-0.39, 0.29) is 11.7 Å². The van der Waals surface area contributed by atoms with Gasteiger partial charge in [-0.15, -0.1) is 0 Å². The lowest BCUT2D eigenvalue weighted by Crippen LogP contribution is -2.10. The van der Waals surface area contributed by atoms with Gasteiger partial charge in [-0.3, -0.25) is 10.8 Å². The van der Waals surface area contributed by atoms with Crippen LogP contribution in [0.5, 0.6) is 5.75 Å². The Morgan fingerprint density at radius 1 is 0.654 bits per heavy atom. The first-order valence-corrected chi connectivity index (χ1v) is 8.14. The number of hydrogen-bond donors (Lipinski definition) is 4. The molecule has 0 radical (unpaired) electrons. The minimum atomic E-state index is 0.0449. The minimum Gasteiger partial charge on any atom is -0.489 e. The molecule has 3 rings (SSSR count). The van der Waals surface area contributed by atoms with Gasteiger partial charge >= 0.3 is 0 Å². The predicted molar refractivity (Wildman–Crippen MR) is 105 cm³/mol. The second-order valence-corrected chi connectivity index (χ2v) is 5.91. The van der Waals surface area contributed by atoms with E-state index < -0.39 is 0 Å². The average Bonchev–Trinajstić information content (AvgIpc) is 2.67. The molecule has 130 valence electrons. The third-order valence-electron chi connectivity index (χ3n) is 4.05. The number of hydrogen-bond acceptors (Lipinski definition) is 3. The number of nitrogens with two attached hydrogens (primary N) is 2. The first kappa shape index (κ1) is 17.2. The third-order valence-corrected chi connectivity index (χ3v) is 4.05. The number of nitrogen functional groups attached to an aromatic ring is 2. The van der Waals surface area contributed by atoms with Crippen molar-refractivity contribution in [3.8, 4) is 16.9 Å². The van der Waals surface area contributed by atoms with Gasteiger partial charge in [0.1, 0.15) is 24.0 Å². The van der Waals surface area contributed by atoms with Crippen LogP contribution in [-0.2, 0) is 6.61 Å². The summed E-state index contributed by atoms with van der Waals surface area (Å²) in [4.78, 5) is 0. The Kier molecular flexibility index (Phi) is 4.99. The number of amidine groups is 2. The fourth-order valence-corrected chi connectivity index (χ4v) is 2.53. The number of rotatable bonds is 6. The second kappa shape index (κ2) is 7.53. The Morgan fingerprint density at radius 2 is 1.08 bits per heavy atom. The standard InChI is InChI=1S/C21H20N4O/c22-20(23)17-7-5-16(6-8-17)15-3-1-14(2-4-15)13-26-19-11-9-18(10-12-19)21(24)25/h1-12H,13H2,(H3,22,23)(H3,24,25). The van der Waals surface area contributed by atoms with Crippen LogP contribution in [0.4, 0.5) is 0 Å². The topological polar surface area (TPSA) is 109 Å². The lowest BCUT2D eigenvalue weighted by atomic mass is 10.0. The summed E-state index contributed by atoms with van der Waals surface area (Å²) < 4.78 is 5.77. The van der Waals surface area contributed by atoms with Crippen LogP contribution in [0.2, 0.25) is 0 Å². The Hall–Kier alpha value is -3.60. The molecule has 0 aliphatic heterocycles. The van der Waals surface area contributed by atoms with E-state index in [0.29, 0.717) is 12.2 Å². The van der Waals surface area contributed by atoms with Crippen molar-refractivity contribution in [3.05, 3.63) is 89.5 Å². The van der Waals surface area contributed by atoms with Gasteiger partial charge in [-0.2, -0.15) is 0 Å². The fourth-order valence-electron chi connectivity index (χ4n) is 2.53. The average molecular weight is 344 g/mol. The maximum Gasteiger partial charge on any atom is 0.122 e. The summed E-state index contributed by atoms with van der Waals surface area (Å²) in [6.45, 7) is 0.461. The van der Waals surface area contributed by atoms with E-state index >= 15 is 0 Å². The van der Waals surface area contributed by atoms with Crippen molar-refractivity contribution < 1.29 is 4.74 Å². The molecule has 0 bridgehead atoms. The van der Waals surface area contributed by atoms with Gasteiger partial charge in [0, 0.05) is 11.1 Å². The zero-order valence-electron chi connectivity index (χ0n) is 14.2. The van der Waals surface area contributed by atoms with Crippen molar-refractivity contribution in [1.82, 2.24) is 0 Å². The number of ether oxygens (including phenoxy) is 1. The zero-order valence-corrected chi connectivity index (χ0v) is 14.2.